The quantitative estimate of drug-likeness (QED) is 0.767. The van der Waals surface area contributed by atoms with E-state index in [0.29, 0.717) is 6.42 Å². The first-order valence-electron chi connectivity index (χ1n) is 5.90. The van der Waals surface area contributed by atoms with Gasteiger partial charge in [0.05, 0.1) is 0 Å². The predicted molar refractivity (Wildman–Crippen MR) is 67.2 cm³/mol. The van der Waals surface area contributed by atoms with Gasteiger partial charge >= 0.3 is 0 Å². The van der Waals surface area contributed by atoms with Gasteiger partial charge in [-0.25, -0.2) is 0 Å². The van der Waals surface area contributed by atoms with E-state index >= 15 is 0 Å². The maximum absolute atomic E-state index is 11.6. The first kappa shape index (κ1) is 13.0. The second kappa shape index (κ2) is 5.88. The third-order valence-electron chi connectivity index (χ3n) is 3.07. The average Bonchev–Trinajstić information content (AvgIpc) is 2.66. The van der Waals surface area contributed by atoms with Crippen LogP contribution in [0.4, 0.5) is 0 Å². The molecule has 1 fully saturated rings. The minimum absolute atomic E-state index is 0.118. The molecule has 0 aliphatic heterocycles. The molecule has 1 amide bonds. The number of halogens is 1. The van der Waals surface area contributed by atoms with Gasteiger partial charge in [-0.3, -0.25) is 4.79 Å². The molecule has 0 aromatic rings. The fourth-order valence-electron chi connectivity index (χ4n) is 2.11. The van der Waals surface area contributed by atoms with Crippen LogP contribution >= 0.6 is 15.9 Å². The van der Waals surface area contributed by atoms with Gasteiger partial charge in [-0.05, 0) is 26.2 Å². The van der Waals surface area contributed by atoms with Crippen LogP contribution in [0.5, 0.6) is 0 Å². The molecule has 1 saturated carbocycles. The Labute approximate surface area is 101 Å². The second-order valence-electron chi connectivity index (χ2n) is 5.25. The zero-order chi connectivity index (χ0) is 11.3. The summed E-state index contributed by atoms with van der Waals surface area (Å²) < 4.78 is 0. The minimum Gasteiger partial charge on any atom is -0.350 e. The van der Waals surface area contributed by atoms with E-state index in [1.807, 2.05) is 13.8 Å². The lowest BCUT2D eigenvalue weighted by atomic mass is 10.0. The summed E-state index contributed by atoms with van der Waals surface area (Å²) >= 11 is 3.40. The van der Waals surface area contributed by atoms with Crippen molar-refractivity contribution in [2.24, 2.45) is 5.92 Å². The number of rotatable bonds is 5. The van der Waals surface area contributed by atoms with Crippen LogP contribution < -0.4 is 5.32 Å². The van der Waals surface area contributed by atoms with Crippen LogP contribution in [0.2, 0.25) is 0 Å². The number of amides is 1. The first-order chi connectivity index (χ1) is 7.03. The van der Waals surface area contributed by atoms with Gasteiger partial charge in [0.15, 0.2) is 0 Å². The Balaban J connectivity index is 2.18. The molecule has 0 aromatic heterocycles. The molecule has 1 rings (SSSR count). The normalized spacial score (nSPS) is 18.1. The summed E-state index contributed by atoms with van der Waals surface area (Å²) in [5.74, 6) is 1.01. The van der Waals surface area contributed by atoms with Crippen molar-refractivity contribution in [1.82, 2.24) is 5.32 Å². The molecular weight excluding hydrogens is 254 g/mol. The Morgan fingerprint density at radius 1 is 1.40 bits per heavy atom. The van der Waals surface area contributed by atoms with Crippen LogP contribution in [-0.4, -0.2) is 16.8 Å². The Morgan fingerprint density at radius 2 is 2.00 bits per heavy atom. The van der Waals surface area contributed by atoms with E-state index in [1.165, 1.54) is 25.7 Å². The van der Waals surface area contributed by atoms with Crippen molar-refractivity contribution < 1.29 is 4.79 Å². The molecule has 0 bridgehead atoms. The smallest absolute Gasteiger partial charge is 0.220 e. The zero-order valence-corrected chi connectivity index (χ0v) is 11.4. The number of hydrogen-bond acceptors (Lipinski definition) is 1. The van der Waals surface area contributed by atoms with Crippen molar-refractivity contribution in [3.63, 3.8) is 0 Å². The van der Waals surface area contributed by atoms with Gasteiger partial charge in [-0.15, -0.1) is 0 Å². The van der Waals surface area contributed by atoms with Gasteiger partial charge in [-0.2, -0.15) is 0 Å². The highest BCUT2D eigenvalue weighted by molar-refractivity contribution is 9.09. The van der Waals surface area contributed by atoms with Crippen molar-refractivity contribution in [2.75, 3.05) is 5.33 Å². The largest absolute Gasteiger partial charge is 0.350 e. The lowest BCUT2D eigenvalue weighted by molar-refractivity contribution is -0.122. The molecule has 0 radical (unpaired) electrons. The van der Waals surface area contributed by atoms with E-state index < -0.39 is 0 Å². The molecule has 0 spiro atoms. The van der Waals surface area contributed by atoms with E-state index in [4.69, 9.17) is 0 Å². The lowest BCUT2D eigenvalue weighted by Gasteiger charge is -2.23. The van der Waals surface area contributed by atoms with Gasteiger partial charge < -0.3 is 5.32 Å². The fraction of sp³-hybridized carbons (Fsp3) is 0.917. The maximum atomic E-state index is 11.6. The van der Waals surface area contributed by atoms with Gasteiger partial charge in [0, 0.05) is 17.3 Å². The van der Waals surface area contributed by atoms with Gasteiger partial charge in [0.1, 0.15) is 0 Å². The number of alkyl halides is 1. The van der Waals surface area contributed by atoms with Crippen LogP contribution in [0.25, 0.3) is 0 Å². The molecule has 15 heavy (non-hydrogen) atoms. The molecule has 1 aliphatic rings. The Bertz CT molecular complexity index is 210. The zero-order valence-electron chi connectivity index (χ0n) is 9.81. The van der Waals surface area contributed by atoms with Crippen molar-refractivity contribution in [1.29, 1.82) is 0 Å². The van der Waals surface area contributed by atoms with E-state index in [-0.39, 0.29) is 11.4 Å². The van der Waals surface area contributed by atoms with Crippen LogP contribution in [-0.2, 0) is 4.79 Å². The molecule has 88 valence electrons. The highest BCUT2D eigenvalue weighted by atomic mass is 79.9. The monoisotopic (exact) mass is 275 g/mol. The summed E-state index contributed by atoms with van der Waals surface area (Å²) in [4.78, 5) is 11.6. The van der Waals surface area contributed by atoms with Crippen molar-refractivity contribution in [2.45, 2.75) is 57.9 Å². The topological polar surface area (TPSA) is 29.1 Å². The third-order valence-corrected chi connectivity index (χ3v) is 4.47. The standard InChI is InChI=1S/C12H22BrNO/c1-12(2,9-13)14-11(15)8-7-10-5-3-4-6-10/h10H,3-9H2,1-2H3,(H,14,15). The lowest BCUT2D eigenvalue weighted by Crippen LogP contribution is -2.44. The Morgan fingerprint density at radius 3 is 2.53 bits per heavy atom. The van der Waals surface area contributed by atoms with Gasteiger partial charge in [0.25, 0.3) is 0 Å². The molecule has 2 nitrogen and oxygen atoms in total. The maximum Gasteiger partial charge on any atom is 0.220 e. The number of carbonyl (C=O) groups excluding carboxylic acids is 1. The number of nitrogens with one attached hydrogen (secondary N) is 1. The molecule has 0 saturated heterocycles. The SMILES string of the molecule is CC(C)(CBr)NC(=O)CCC1CCCC1. The van der Waals surface area contributed by atoms with Crippen LogP contribution in [0.15, 0.2) is 0 Å². The van der Waals surface area contributed by atoms with Crippen LogP contribution in [0, 0.1) is 5.92 Å². The van der Waals surface area contributed by atoms with E-state index in [9.17, 15) is 4.79 Å². The van der Waals surface area contributed by atoms with E-state index in [0.717, 1.165) is 17.7 Å². The minimum atomic E-state index is -0.118. The Kier molecular flexibility index (Phi) is 5.10. The Hall–Kier alpha value is -0.0500. The third kappa shape index (κ3) is 5.01. The van der Waals surface area contributed by atoms with Crippen molar-refractivity contribution in [3.05, 3.63) is 0 Å². The van der Waals surface area contributed by atoms with Crippen LogP contribution in [0.1, 0.15) is 52.4 Å². The number of carbonyl (C=O) groups is 1. The highest BCUT2D eigenvalue weighted by Gasteiger charge is 2.20. The fourth-order valence-corrected chi connectivity index (χ4v) is 2.25. The van der Waals surface area contributed by atoms with Gasteiger partial charge in [0.2, 0.25) is 5.91 Å². The highest BCUT2D eigenvalue weighted by Crippen LogP contribution is 2.28. The molecule has 1 N–H and O–H groups in total. The summed E-state index contributed by atoms with van der Waals surface area (Å²) in [6.45, 7) is 4.07. The van der Waals surface area contributed by atoms with Crippen molar-refractivity contribution >= 4 is 21.8 Å². The average molecular weight is 276 g/mol. The molecular formula is C12H22BrNO. The van der Waals surface area contributed by atoms with E-state index in [2.05, 4.69) is 21.2 Å². The summed E-state index contributed by atoms with van der Waals surface area (Å²) in [6.07, 6.45) is 7.15. The first-order valence-corrected chi connectivity index (χ1v) is 7.02. The molecule has 0 aromatic carbocycles. The van der Waals surface area contributed by atoms with Gasteiger partial charge in [-0.1, -0.05) is 41.6 Å². The summed E-state index contributed by atoms with van der Waals surface area (Å²) in [7, 11) is 0. The van der Waals surface area contributed by atoms with Crippen molar-refractivity contribution in [3.8, 4) is 0 Å². The molecule has 3 heteroatoms. The molecule has 1 aliphatic carbocycles. The van der Waals surface area contributed by atoms with E-state index in [1.54, 1.807) is 0 Å². The molecule has 0 unspecified atom stereocenters. The second-order valence-corrected chi connectivity index (χ2v) is 5.82. The molecule has 0 heterocycles. The van der Waals surface area contributed by atoms with Crippen LogP contribution in [0.3, 0.4) is 0 Å². The predicted octanol–water partition coefficient (Wildman–Crippen LogP) is 3.25. The summed E-state index contributed by atoms with van der Waals surface area (Å²) in [5, 5.41) is 3.84. The number of hydrogen-bond donors (Lipinski definition) is 1. The molecule has 0 atom stereocenters. The summed E-state index contributed by atoms with van der Waals surface area (Å²) in [6, 6.07) is 0. The summed E-state index contributed by atoms with van der Waals surface area (Å²) in [5.41, 5.74) is -0.118.